The van der Waals surface area contributed by atoms with Crippen LogP contribution >= 0.6 is 7.82 Å². The quantitative estimate of drug-likeness (QED) is 0.0181. The molecular formula is C46H81NO11P+. The number of phosphoric acid groups is 1. The van der Waals surface area contributed by atoms with E-state index in [2.05, 4.69) is 50.3 Å². The van der Waals surface area contributed by atoms with Crippen molar-refractivity contribution in [2.24, 2.45) is 11.8 Å². The summed E-state index contributed by atoms with van der Waals surface area (Å²) in [5.74, 6) is -1.54. The van der Waals surface area contributed by atoms with Crippen molar-refractivity contribution in [3.05, 3.63) is 48.6 Å². The van der Waals surface area contributed by atoms with Gasteiger partial charge in [-0.1, -0.05) is 120 Å². The molecule has 0 aliphatic heterocycles. The second kappa shape index (κ2) is 33.2. The van der Waals surface area contributed by atoms with Gasteiger partial charge < -0.3 is 29.1 Å². The van der Waals surface area contributed by atoms with Crippen LogP contribution in [0, 0.1) is 11.8 Å². The summed E-state index contributed by atoms with van der Waals surface area (Å²) in [6.07, 6.45) is 30.6. The van der Waals surface area contributed by atoms with Crippen molar-refractivity contribution >= 4 is 25.5 Å². The molecule has 0 aromatic rings. The number of aliphatic hydroxyl groups excluding tert-OH is 2. The van der Waals surface area contributed by atoms with Crippen LogP contribution in [-0.2, 0) is 37.5 Å². The Bertz CT molecular complexity index is 1310. The van der Waals surface area contributed by atoms with Crippen molar-refractivity contribution in [2.75, 3.05) is 47.5 Å². The number of hydrogen-bond acceptors (Lipinski definition) is 10. The predicted octanol–water partition coefficient (Wildman–Crippen LogP) is 9.27. The van der Waals surface area contributed by atoms with Gasteiger partial charge in [0.15, 0.2) is 6.10 Å². The number of rotatable bonds is 36. The van der Waals surface area contributed by atoms with Gasteiger partial charge in [-0.05, 0) is 63.7 Å². The number of carbonyl (C=O) groups is 3. The second-order valence-corrected chi connectivity index (χ2v) is 18.3. The average molecular weight is 855 g/mol. The Labute approximate surface area is 356 Å². The van der Waals surface area contributed by atoms with Crippen molar-refractivity contribution in [3.63, 3.8) is 0 Å². The van der Waals surface area contributed by atoms with Gasteiger partial charge in [0.2, 0.25) is 0 Å². The fourth-order valence-electron chi connectivity index (χ4n) is 6.70. The molecule has 1 aliphatic carbocycles. The zero-order chi connectivity index (χ0) is 43.8. The molecule has 0 amide bonds. The maximum atomic E-state index is 12.7. The van der Waals surface area contributed by atoms with E-state index >= 15 is 0 Å². The van der Waals surface area contributed by atoms with E-state index in [0.717, 1.165) is 89.9 Å². The topological polar surface area (TPSA) is 166 Å². The van der Waals surface area contributed by atoms with E-state index < -0.39 is 44.7 Å². The van der Waals surface area contributed by atoms with Crippen LogP contribution in [0.1, 0.15) is 149 Å². The molecule has 3 N–H and O–H groups in total. The molecule has 1 saturated carbocycles. The molecule has 0 aromatic carbocycles. The lowest BCUT2D eigenvalue weighted by Crippen LogP contribution is -2.37. The summed E-state index contributed by atoms with van der Waals surface area (Å²) in [5.41, 5.74) is 0. The number of ether oxygens (including phenoxy) is 2. The number of likely N-dealkylation sites (N-methyl/N-ethyl adjacent to an activating group) is 1. The van der Waals surface area contributed by atoms with Gasteiger partial charge in [0.25, 0.3) is 0 Å². The van der Waals surface area contributed by atoms with Gasteiger partial charge in [-0.15, -0.1) is 0 Å². The van der Waals surface area contributed by atoms with Crippen LogP contribution in [-0.4, -0.2) is 103 Å². The minimum atomic E-state index is -4.44. The standard InChI is InChI=1S/C46H80NO11P/c1-6-8-10-11-12-13-14-15-16-17-18-19-20-21-27-31-46(52)58-40(38-57-59(53,54)56-35-34-47(3,4)5)37-55-45(51)30-26-23-22-25-29-41-42(44(50)36-43(41)49)33-32-39(48)28-24-9-7-2/h8,10,12-13,15-16,32-33,39-43,48-49H,6-7,9,11,14,17-31,34-38H2,1-5H3/p+1/b10-8-,13-12-,16-15-,33-32+/t39-,40+,41+,42+,43-/m0/s1. The van der Waals surface area contributed by atoms with E-state index in [9.17, 15) is 34.1 Å². The Morgan fingerprint density at radius 3 is 2.12 bits per heavy atom. The smallest absolute Gasteiger partial charge is 0.462 e. The zero-order valence-electron chi connectivity index (χ0n) is 37.2. The third-order valence-electron chi connectivity index (χ3n) is 10.3. The molecule has 13 heteroatoms. The Kier molecular flexibility index (Phi) is 30.7. The van der Waals surface area contributed by atoms with Gasteiger partial charge in [0.1, 0.15) is 25.5 Å². The Hall–Kier alpha value is -2.44. The molecule has 59 heavy (non-hydrogen) atoms. The highest BCUT2D eigenvalue weighted by Crippen LogP contribution is 2.43. The van der Waals surface area contributed by atoms with Gasteiger partial charge in [-0.25, -0.2) is 4.57 Å². The van der Waals surface area contributed by atoms with Crippen LogP contribution in [0.3, 0.4) is 0 Å². The van der Waals surface area contributed by atoms with E-state index in [1.165, 1.54) is 0 Å². The molecular weight excluding hydrogens is 773 g/mol. The normalized spacial score (nSPS) is 19.7. The largest absolute Gasteiger partial charge is 0.472 e. The summed E-state index contributed by atoms with van der Waals surface area (Å²) >= 11 is 0. The van der Waals surface area contributed by atoms with Gasteiger partial charge in [0, 0.05) is 25.2 Å². The van der Waals surface area contributed by atoms with Crippen LogP contribution < -0.4 is 0 Å². The molecule has 0 bridgehead atoms. The van der Waals surface area contributed by atoms with Crippen LogP contribution in [0.5, 0.6) is 0 Å². The number of allylic oxidation sites excluding steroid dienone is 7. The molecule has 0 radical (unpaired) electrons. The summed E-state index contributed by atoms with van der Waals surface area (Å²) in [5, 5.41) is 20.8. The Balaban J connectivity index is 2.48. The third-order valence-corrected chi connectivity index (χ3v) is 11.2. The Morgan fingerprint density at radius 1 is 0.814 bits per heavy atom. The number of hydrogen-bond donors (Lipinski definition) is 3. The first-order chi connectivity index (χ1) is 28.2. The first-order valence-corrected chi connectivity index (χ1v) is 24.0. The van der Waals surface area contributed by atoms with E-state index in [4.69, 9.17) is 18.5 Å². The fraction of sp³-hybridized carbons (Fsp3) is 0.761. The molecule has 1 rings (SSSR count). The average Bonchev–Trinajstić information content (AvgIpc) is 3.44. The number of Topliss-reactive ketones (excluding diaryl/α,β-unsaturated/α-hetero) is 1. The molecule has 0 saturated heterocycles. The molecule has 340 valence electrons. The van der Waals surface area contributed by atoms with Gasteiger partial charge in [-0.3, -0.25) is 23.4 Å². The first kappa shape index (κ1) is 54.6. The minimum Gasteiger partial charge on any atom is -0.462 e. The SMILES string of the molecule is CC/C=C\C/C=C\C/C=C\CCCCCCCC(=O)O[C@H](COC(=O)CCCCCC[C@H]1[C@@H](O)CC(=O)[C@@H]1/C=C/[C@@H](O)CCCCC)COP(=O)(O)OCC[N+](C)(C)C. The number of nitrogens with zero attached hydrogens (tertiary/aromatic N) is 1. The van der Waals surface area contributed by atoms with Gasteiger partial charge in [-0.2, -0.15) is 0 Å². The summed E-state index contributed by atoms with van der Waals surface area (Å²) < 4.78 is 34.2. The molecule has 1 fully saturated rings. The highest BCUT2D eigenvalue weighted by Gasteiger charge is 2.39. The fourth-order valence-corrected chi connectivity index (χ4v) is 7.44. The molecule has 1 unspecified atom stereocenters. The van der Waals surface area contributed by atoms with E-state index in [1.807, 2.05) is 21.1 Å². The van der Waals surface area contributed by atoms with E-state index in [1.54, 1.807) is 12.2 Å². The summed E-state index contributed by atoms with van der Waals surface area (Å²) in [7, 11) is 1.33. The maximum absolute atomic E-state index is 12.7. The van der Waals surface area contributed by atoms with Gasteiger partial charge in [0.05, 0.1) is 40.0 Å². The lowest BCUT2D eigenvalue weighted by Gasteiger charge is -2.24. The van der Waals surface area contributed by atoms with Crippen molar-refractivity contribution in [2.45, 2.75) is 167 Å². The zero-order valence-corrected chi connectivity index (χ0v) is 38.1. The number of phosphoric ester groups is 1. The van der Waals surface area contributed by atoms with Crippen molar-refractivity contribution in [1.82, 2.24) is 0 Å². The lowest BCUT2D eigenvalue weighted by molar-refractivity contribution is -0.870. The summed E-state index contributed by atoms with van der Waals surface area (Å²) in [6, 6.07) is 0. The van der Waals surface area contributed by atoms with Gasteiger partial charge >= 0.3 is 19.8 Å². The molecule has 6 atom stereocenters. The number of aliphatic hydroxyl groups is 2. The monoisotopic (exact) mass is 855 g/mol. The number of esters is 2. The van der Waals surface area contributed by atoms with Crippen LogP contribution in [0.15, 0.2) is 48.6 Å². The molecule has 1 aliphatic rings. The van der Waals surface area contributed by atoms with Crippen molar-refractivity contribution in [3.8, 4) is 0 Å². The number of carbonyl (C=O) groups excluding carboxylic acids is 3. The highest BCUT2D eigenvalue weighted by molar-refractivity contribution is 7.47. The molecule has 0 spiro atoms. The maximum Gasteiger partial charge on any atom is 0.472 e. The first-order valence-electron chi connectivity index (χ1n) is 22.5. The lowest BCUT2D eigenvalue weighted by atomic mass is 9.88. The second-order valence-electron chi connectivity index (χ2n) is 16.8. The minimum absolute atomic E-state index is 0.00566. The number of unbranched alkanes of at least 4 members (excludes halogenated alkanes) is 10. The van der Waals surface area contributed by atoms with E-state index in [-0.39, 0.29) is 50.1 Å². The van der Waals surface area contributed by atoms with Crippen LogP contribution in [0.4, 0.5) is 0 Å². The van der Waals surface area contributed by atoms with E-state index in [0.29, 0.717) is 36.7 Å². The Morgan fingerprint density at radius 2 is 1.44 bits per heavy atom. The number of ketones is 1. The molecule has 12 nitrogen and oxygen atoms in total. The van der Waals surface area contributed by atoms with Crippen LogP contribution in [0.25, 0.3) is 0 Å². The third kappa shape index (κ3) is 30.3. The summed E-state index contributed by atoms with van der Waals surface area (Å²) in [6.45, 7) is 3.90. The number of quaternary nitrogens is 1. The highest BCUT2D eigenvalue weighted by atomic mass is 31.2. The van der Waals surface area contributed by atoms with Crippen molar-refractivity contribution < 1.29 is 57.1 Å². The van der Waals surface area contributed by atoms with Crippen LogP contribution in [0.2, 0.25) is 0 Å². The summed E-state index contributed by atoms with van der Waals surface area (Å²) in [4.78, 5) is 48.1. The predicted molar refractivity (Wildman–Crippen MR) is 234 cm³/mol. The van der Waals surface area contributed by atoms with Crippen molar-refractivity contribution in [1.29, 1.82) is 0 Å². The molecule has 0 heterocycles. The molecule has 0 aromatic heterocycles.